The van der Waals surface area contributed by atoms with Gasteiger partial charge >= 0.3 is 0 Å². The standard InChI is InChI=1S/C96H121N13O20S/c1-11-12-32-80-95(126)105(5)53-70(113)49-67(55-129-58-110)84(115)51-72(60(4)128-10)92(123)108(8)81(47-62-26-18-14-19-27-62)91(122)103-77(46-65-35-39-69(112)40-36-65)93(124)106(6)54-86(117)99-76(50-66-52-98-73-31-23-22-30-71(66)73)90(121)102-75(44-64-33-37-68(111)38-34-64)89(120)101-74(43-59(2)3)88(119)104-79(83(114)41-42-85(97)116)56-130-57-87(118)100-78(45-61-24-16-13-17-25-61)94(125)109(9)82(96(127)107(80)7)48-63-28-20-15-21-29-63/h13-31,33-40,52,58-60,67,72,74-82,98,111-112H,11-12,32,41-51,53-57H2,1-10H3,(H2,97,116)(H,99,117)(H,100,118)(H,101,120)(H,102,121)(H,103,122)(H,104,119)/t60-,67+,72+,74+,75+,76+,77+,78+,79+,80+,81+,82+/m1/s1. The van der Waals surface area contributed by atoms with Crippen LogP contribution in [0, 0.1) is 17.8 Å². The van der Waals surface area contributed by atoms with E-state index in [0.29, 0.717) is 57.1 Å². The van der Waals surface area contributed by atoms with Gasteiger partial charge in [-0.05, 0) is 89.4 Å². The number of hydrogen-bond donors (Lipinski definition) is 10. The Morgan fingerprint density at radius 3 is 1.55 bits per heavy atom. The summed E-state index contributed by atoms with van der Waals surface area (Å²) in [5, 5.41) is 38.2. The summed E-state index contributed by atoms with van der Waals surface area (Å²) in [5.41, 5.74) is 9.30. The molecule has 12 amide bonds. The lowest BCUT2D eigenvalue weighted by molar-refractivity contribution is -0.151. The van der Waals surface area contributed by atoms with Gasteiger partial charge in [0.25, 0.3) is 6.47 Å². The Morgan fingerprint density at radius 2 is 0.992 bits per heavy atom. The van der Waals surface area contributed by atoms with E-state index in [-0.39, 0.29) is 81.0 Å². The average molecular weight is 1810 g/mol. The minimum absolute atomic E-state index is 0.0673. The van der Waals surface area contributed by atoms with Gasteiger partial charge in [0, 0.05) is 129 Å². The van der Waals surface area contributed by atoms with E-state index in [0.717, 1.165) is 26.5 Å². The molecule has 1 aliphatic rings. The molecule has 12 atom stereocenters. The average Bonchev–Trinajstić information content (AvgIpc) is 1.56. The first-order chi connectivity index (χ1) is 62.1. The fourth-order valence-electron chi connectivity index (χ4n) is 15.6. The number of ketones is 3. The number of hydrogen-bond acceptors (Lipinski definition) is 21. The van der Waals surface area contributed by atoms with Crippen LogP contribution in [0.15, 0.2) is 170 Å². The molecule has 1 aliphatic heterocycles. The maximum Gasteiger partial charge on any atom is 0.293 e. The monoisotopic (exact) mass is 1810 g/mol. The Labute approximate surface area is 761 Å². The summed E-state index contributed by atoms with van der Waals surface area (Å²) >= 11 is 0.878. The first kappa shape index (κ1) is 102. The van der Waals surface area contributed by atoms with Crippen LogP contribution in [0.4, 0.5) is 0 Å². The number of aromatic nitrogens is 1. The highest BCUT2D eigenvalue weighted by Crippen LogP contribution is 2.27. The van der Waals surface area contributed by atoms with Gasteiger partial charge in [0.15, 0.2) is 11.6 Å². The number of nitrogens with zero attached hydrogens (tertiary/aromatic N) is 5. The SMILES string of the molecule is CCCC[C@H]1C(=O)N(C)CC(=O)C[C@@H](COC=O)C(=O)C[C@@H]([C@@H](C)OC)C(=O)N(C)[C@@H](Cc2ccccc2)C(=O)N[C@@H](Cc2ccc(O)cc2)C(=O)N(C)CC(=O)N[C@@H](Cc2c[nH]c3ccccc23)C(=O)N[C@@H](Cc2ccc(O)cc2)C(=O)N[C@@H](CC(C)C)C(=O)N[C@H](C(=O)CCC(N)=O)CSCC(=O)N[C@@H](Cc2ccccc2)C(=O)N(C)[C@@H](Cc2ccccc2)C(=O)N1C. The van der Waals surface area contributed by atoms with Crippen molar-refractivity contribution in [3.05, 3.63) is 203 Å². The molecule has 130 heavy (non-hydrogen) atoms. The number of ether oxygens (including phenoxy) is 2. The number of para-hydroxylation sites is 1. The number of aromatic amines is 1. The molecule has 6 aromatic carbocycles. The smallest absolute Gasteiger partial charge is 0.293 e. The number of H-pyrrole nitrogens is 1. The summed E-state index contributed by atoms with van der Waals surface area (Å²) in [6.45, 7) is 4.93. The van der Waals surface area contributed by atoms with E-state index in [9.17, 15) is 43.8 Å². The molecule has 0 saturated carbocycles. The minimum atomic E-state index is -1.58. The summed E-state index contributed by atoms with van der Waals surface area (Å²) in [6.07, 6.45) is -1.87. The fraction of sp³-hybridized carbons (Fsp3) is 0.438. The summed E-state index contributed by atoms with van der Waals surface area (Å²) < 4.78 is 10.9. The summed E-state index contributed by atoms with van der Waals surface area (Å²) in [5.74, 6) is -16.2. The van der Waals surface area contributed by atoms with E-state index in [2.05, 4.69) is 36.9 Å². The van der Waals surface area contributed by atoms with Crippen LogP contribution in [0.25, 0.3) is 10.9 Å². The van der Waals surface area contributed by atoms with Crippen molar-refractivity contribution in [1.29, 1.82) is 0 Å². The van der Waals surface area contributed by atoms with Crippen LogP contribution in [0.5, 0.6) is 11.5 Å². The molecule has 11 N–H and O–H groups in total. The maximum absolute atomic E-state index is 15.6. The molecule has 2 heterocycles. The molecule has 0 aliphatic carbocycles. The second kappa shape index (κ2) is 50.6. The minimum Gasteiger partial charge on any atom is -0.508 e. The number of methoxy groups -OCH3 is 1. The number of fused-ring (bicyclic) bond motifs is 1. The van der Waals surface area contributed by atoms with Crippen molar-refractivity contribution in [3.8, 4) is 11.5 Å². The molecular formula is C96H121N13O20S. The topological polar surface area (TPSA) is 462 Å². The number of aromatic hydroxyl groups is 2. The van der Waals surface area contributed by atoms with Gasteiger partial charge in [-0.3, -0.25) is 76.7 Å². The largest absolute Gasteiger partial charge is 0.508 e. The number of primary amides is 1. The fourth-order valence-corrected chi connectivity index (χ4v) is 16.5. The van der Waals surface area contributed by atoms with Gasteiger partial charge in [-0.1, -0.05) is 167 Å². The zero-order chi connectivity index (χ0) is 94.8. The lowest BCUT2D eigenvalue weighted by atomic mass is 9.87. The number of carbonyl (C=O) groups is 16. The zero-order valence-electron chi connectivity index (χ0n) is 75.1. The number of amides is 12. The first-order valence-electron chi connectivity index (χ1n) is 43.4. The molecule has 0 unspecified atom stereocenters. The van der Waals surface area contributed by atoms with E-state index in [1.165, 1.54) is 108 Å². The highest BCUT2D eigenvalue weighted by Gasteiger charge is 2.43. The molecule has 8 rings (SSSR count). The highest BCUT2D eigenvalue weighted by molar-refractivity contribution is 8.00. The third kappa shape index (κ3) is 30.8. The number of thioether (sulfide) groups is 1. The zero-order valence-corrected chi connectivity index (χ0v) is 76.0. The van der Waals surface area contributed by atoms with Crippen molar-refractivity contribution in [1.82, 2.24) is 61.4 Å². The molecule has 7 aromatic rings. The maximum atomic E-state index is 15.6. The van der Waals surface area contributed by atoms with Crippen LogP contribution in [0.3, 0.4) is 0 Å². The number of rotatable bonds is 26. The van der Waals surface area contributed by atoms with E-state index in [1.54, 1.807) is 135 Å². The Kier molecular flexibility index (Phi) is 39.8. The molecule has 34 heteroatoms. The highest BCUT2D eigenvalue weighted by atomic mass is 32.2. The van der Waals surface area contributed by atoms with Crippen LogP contribution in [0.2, 0.25) is 0 Å². The normalized spacial score (nSPS) is 22.2. The summed E-state index contributed by atoms with van der Waals surface area (Å²) in [4.78, 5) is 244. The Hall–Kier alpha value is -13.1. The number of benzene rings is 6. The first-order valence-corrected chi connectivity index (χ1v) is 44.6. The number of nitrogens with one attached hydrogen (secondary N) is 7. The number of phenolic OH excluding ortho intramolecular Hbond substituents is 2. The van der Waals surface area contributed by atoms with Gasteiger partial charge in [-0.25, -0.2) is 0 Å². The molecule has 0 spiro atoms. The van der Waals surface area contributed by atoms with Crippen molar-refractivity contribution < 1.29 is 96.4 Å². The lowest BCUT2D eigenvalue weighted by Crippen LogP contribution is -2.59. The van der Waals surface area contributed by atoms with Gasteiger partial charge in [0.2, 0.25) is 70.9 Å². The van der Waals surface area contributed by atoms with E-state index >= 15 is 43.2 Å². The quantitative estimate of drug-likeness (QED) is 0.0325. The third-order valence-electron chi connectivity index (χ3n) is 23.1. The van der Waals surface area contributed by atoms with Gasteiger partial charge in [-0.2, -0.15) is 0 Å². The molecule has 1 fully saturated rings. The van der Waals surface area contributed by atoms with Crippen molar-refractivity contribution in [2.75, 3.05) is 73.6 Å². The summed E-state index contributed by atoms with van der Waals surface area (Å²) in [7, 11) is 8.03. The number of phenols is 2. The van der Waals surface area contributed by atoms with Crippen molar-refractivity contribution >= 4 is 117 Å². The van der Waals surface area contributed by atoms with E-state index in [1.807, 2.05) is 6.92 Å². The molecule has 696 valence electrons. The van der Waals surface area contributed by atoms with Crippen molar-refractivity contribution in [2.24, 2.45) is 23.5 Å². The van der Waals surface area contributed by atoms with Gasteiger partial charge < -0.3 is 86.8 Å². The number of nitrogens with two attached hydrogens (primary N) is 1. The lowest BCUT2D eigenvalue weighted by Gasteiger charge is -2.37. The molecule has 1 aromatic heterocycles. The number of unbranched alkanes of at least 4 members (excludes halogenated alkanes) is 1. The third-order valence-corrected chi connectivity index (χ3v) is 24.1. The molecule has 33 nitrogen and oxygen atoms in total. The van der Waals surface area contributed by atoms with E-state index < -0.39 is 212 Å². The van der Waals surface area contributed by atoms with Crippen LogP contribution < -0.4 is 37.6 Å². The van der Waals surface area contributed by atoms with Gasteiger partial charge in [-0.15, -0.1) is 11.8 Å². The molecule has 0 radical (unpaired) electrons. The number of Topliss-reactive ketones (excluding diaryl/α,β-unsaturated/α-hetero) is 3. The van der Waals surface area contributed by atoms with Gasteiger partial charge in [0.05, 0.1) is 42.8 Å². The summed E-state index contributed by atoms with van der Waals surface area (Å²) in [6, 6.07) is 31.5. The molecule has 0 bridgehead atoms. The Bertz CT molecular complexity index is 5040. The van der Waals surface area contributed by atoms with Gasteiger partial charge in [0.1, 0.15) is 72.2 Å². The predicted molar refractivity (Wildman–Crippen MR) is 487 cm³/mol. The Balaban J connectivity index is 1.22. The van der Waals surface area contributed by atoms with Crippen LogP contribution in [0.1, 0.15) is 112 Å². The van der Waals surface area contributed by atoms with Crippen LogP contribution >= 0.6 is 11.8 Å². The number of carbonyl (C=O) groups excluding carboxylic acids is 16. The predicted octanol–water partition coefficient (Wildman–Crippen LogP) is 4.82. The second-order valence-corrected chi connectivity index (χ2v) is 34.5. The van der Waals surface area contributed by atoms with Crippen LogP contribution in [-0.4, -0.2) is 268 Å². The molecule has 1 saturated heterocycles. The number of likely N-dealkylation sites (N-methyl/N-ethyl adjacent to an activating group) is 5. The van der Waals surface area contributed by atoms with E-state index in [4.69, 9.17) is 15.2 Å². The van der Waals surface area contributed by atoms with Crippen molar-refractivity contribution in [3.63, 3.8) is 0 Å². The van der Waals surface area contributed by atoms with Crippen LogP contribution in [-0.2, 0) is 125 Å². The molecular weight excluding hydrogens is 1690 g/mol. The van der Waals surface area contributed by atoms with Crippen molar-refractivity contribution in [2.45, 2.75) is 178 Å². The second-order valence-electron chi connectivity index (χ2n) is 33.4. The Morgan fingerprint density at radius 1 is 0.508 bits per heavy atom.